The van der Waals surface area contributed by atoms with E-state index in [-0.39, 0.29) is 22.9 Å². The number of carbonyl (C=O) groups is 2. The van der Waals surface area contributed by atoms with Crippen LogP contribution >= 0.6 is 11.6 Å². The molecule has 168 valence electrons. The van der Waals surface area contributed by atoms with Gasteiger partial charge in [-0.1, -0.05) is 56.6 Å². The van der Waals surface area contributed by atoms with Gasteiger partial charge in [0.1, 0.15) is 5.76 Å². The van der Waals surface area contributed by atoms with Crippen LogP contribution in [0.15, 0.2) is 54.1 Å². The number of aliphatic hydroxyl groups excluding tert-OH is 1. The molecule has 0 aliphatic carbocycles. The van der Waals surface area contributed by atoms with Crippen molar-refractivity contribution in [3.63, 3.8) is 0 Å². The summed E-state index contributed by atoms with van der Waals surface area (Å²) in [6.07, 6.45) is 1.67. The molecule has 0 spiro atoms. The maximum Gasteiger partial charge on any atom is 0.295 e. The second kappa shape index (κ2) is 8.72. The molecule has 2 unspecified atom stereocenters. The highest BCUT2D eigenvalue weighted by molar-refractivity contribution is 6.46. The number of nitrogens with zero attached hydrogens (tertiary/aromatic N) is 1. The van der Waals surface area contributed by atoms with Crippen LogP contribution < -0.4 is 0 Å². The SMILES string of the molecule is CC(C)(C)c1ccc(C2/C(=C(\O)c3ccc(Cl)cc3)C(=O)C(=O)N2CC2CCCO2)cc1. The number of carbonyl (C=O) groups excluding carboxylic acids is 2. The fourth-order valence-electron chi connectivity index (χ4n) is 4.35. The van der Waals surface area contributed by atoms with Crippen molar-refractivity contribution < 1.29 is 19.4 Å². The molecule has 2 heterocycles. The molecule has 0 saturated carbocycles. The summed E-state index contributed by atoms with van der Waals surface area (Å²) in [7, 11) is 0. The highest BCUT2D eigenvalue weighted by Gasteiger charge is 2.47. The third-order valence-electron chi connectivity index (χ3n) is 6.17. The maximum absolute atomic E-state index is 13.1. The van der Waals surface area contributed by atoms with E-state index in [0.717, 1.165) is 24.0 Å². The number of hydrogen-bond donors (Lipinski definition) is 1. The summed E-state index contributed by atoms with van der Waals surface area (Å²) in [5.41, 5.74) is 2.45. The van der Waals surface area contributed by atoms with Crippen LogP contribution in [0, 0.1) is 0 Å². The van der Waals surface area contributed by atoms with Crippen molar-refractivity contribution in [3.8, 4) is 0 Å². The average Bonchev–Trinajstić information content (AvgIpc) is 3.36. The van der Waals surface area contributed by atoms with Gasteiger partial charge in [0.05, 0.1) is 17.7 Å². The molecule has 2 aliphatic heterocycles. The van der Waals surface area contributed by atoms with Crippen LogP contribution in [0.2, 0.25) is 5.02 Å². The van der Waals surface area contributed by atoms with Gasteiger partial charge in [-0.05, 0) is 53.6 Å². The number of ether oxygens (including phenoxy) is 1. The molecule has 2 atom stereocenters. The zero-order valence-electron chi connectivity index (χ0n) is 18.6. The van der Waals surface area contributed by atoms with Crippen LogP contribution in [0.4, 0.5) is 0 Å². The van der Waals surface area contributed by atoms with Gasteiger partial charge < -0.3 is 14.7 Å². The number of aliphatic hydroxyl groups is 1. The van der Waals surface area contributed by atoms with E-state index in [1.54, 1.807) is 29.2 Å². The first kappa shape index (κ1) is 22.6. The van der Waals surface area contributed by atoms with E-state index in [4.69, 9.17) is 16.3 Å². The normalized spacial score (nSPS) is 23.2. The number of hydrogen-bond acceptors (Lipinski definition) is 4. The summed E-state index contributed by atoms with van der Waals surface area (Å²) in [5, 5.41) is 11.6. The largest absolute Gasteiger partial charge is 0.507 e. The maximum atomic E-state index is 13.1. The average molecular weight is 454 g/mol. The van der Waals surface area contributed by atoms with Gasteiger partial charge in [-0.2, -0.15) is 0 Å². The van der Waals surface area contributed by atoms with Crippen molar-refractivity contribution in [2.75, 3.05) is 13.2 Å². The summed E-state index contributed by atoms with van der Waals surface area (Å²) in [6.45, 7) is 7.36. The van der Waals surface area contributed by atoms with Crippen molar-refractivity contribution >= 4 is 29.1 Å². The minimum absolute atomic E-state index is 0.0265. The highest BCUT2D eigenvalue weighted by Crippen LogP contribution is 2.40. The lowest BCUT2D eigenvalue weighted by Crippen LogP contribution is -2.36. The fourth-order valence-corrected chi connectivity index (χ4v) is 4.48. The van der Waals surface area contributed by atoms with E-state index in [1.165, 1.54) is 0 Å². The summed E-state index contributed by atoms with van der Waals surface area (Å²) >= 11 is 5.98. The molecular weight excluding hydrogens is 426 g/mol. The lowest BCUT2D eigenvalue weighted by atomic mass is 9.85. The van der Waals surface area contributed by atoms with Gasteiger partial charge in [0.15, 0.2) is 0 Å². The van der Waals surface area contributed by atoms with Gasteiger partial charge >= 0.3 is 0 Å². The smallest absolute Gasteiger partial charge is 0.295 e. The monoisotopic (exact) mass is 453 g/mol. The summed E-state index contributed by atoms with van der Waals surface area (Å²) in [6, 6.07) is 13.8. The number of Topliss-reactive ketones (excluding diaryl/α,β-unsaturated/α-hetero) is 1. The Hall–Kier alpha value is -2.63. The van der Waals surface area contributed by atoms with Crippen LogP contribution in [0.1, 0.15) is 56.3 Å². The first-order valence-electron chi connectivity index (χ1n) is 10.9. The third kappa shape index (κ3) is 4.32. The quantitative estimate of drug-likeness (QED) is 0.390. The zero-order chi connectivity index (χ0) is 23.0. The number of ketones is 1. The second-order valence-corrected chi connectivity index (χ2v) is 9.90. The number of rotatable bonds is 4. The molecule has 2 aromatic rings. The zero-order valence-corrected chi connectivity index (χ0v) is 19.4. The third-order valence-corrected chi connectivity index (χ3v) is 6.43. The first-order chi connectivity index (χ1) is 15.2. The minimum atomic E-state index is -0.680. The molecule has 32 heavy (non-hydrogen) atoms. The van der Waals surface area contributed by atoms with Gasteiger partial charge in [-0.15, -0.1) is 0 Å². The van der Waals surface area contributed by atoms with Crippen molar-refractivity contribution in [2.45, 2.75) is 51.2 Å². The van der Waals surface area contributed by atoms with E-state index in [0.29, 0.717) is 23.7 Å². The molecule has 0 aromatic heterocycles. The molecule has 4 rings (SSSR count). The van der Waals surface area contributed by atoms with Crippen LogP contribution in [0.3, 0.4) is 0 Å². The Bertz CT molecular complexity index is 1040. The second-order valence-electron chi connectivity index (χ2n) is 9.47. The number of benzene rings is 2. The first-order valence-corrected chi connectivity index (χ1v) is 11.3. The summed E-state index contributed by atoms with van der Waals surface area (Å²) in [5.74, 6) is -1.49. The minimum Gasteiger partial charge on any atom is -0.507 e. The predicted molar refractivity (Wildman–Crippen MR) is 125 cm³/mol. The van der Waals surface area contributed by atoms with Crippen molar-refractivity contribution in [1.82, 2.24) is 4.90 Å². The summed E-state index contributed by atoms with van der Waals surface area (Å²) in [4.78, 5) is 27.7. The molecule has 1 amide bonds. The Labute approximate surface area is 193 Å². The van der Waals surface area contributed by atoms with Gasteiger partial charge in [0.25, 0.3) is 11.7 Å². The lowest BCUT2D eigenvalue weighted by Gasteiger charge is -2.28. The Morgan fingerprint density at radius 1 is 1.09 bits per heavy atom. The van der Waals surface area contributed by atoms with E-state index in [1.807, 2.05) is 24.3 Å². The Balaban J connectivity index is 1.81. The van der Waals surface area contributed by atoms with E-state index in [2.05, 4.69) is 20.8 Å². The molecule has 2 aromatic carbocycles. The summed E-state index contributed by atoms with van der Waals surface area (Å²) < 4.78 is 5.74. The van der Waals surface area contributed by atoms with Gasteiger partial charge in [-0.3, -0.25) is 9.59 Å². The van der Waals surface area contributed by atoms with Crippen molar-refractivity contribution in [1.29, 1.82) is 0 Å². The lowest BCUT2D eigenvalue weighted by molar-refractivity contribution is -0.140. The Morgan fingerprint density at radius 2 is 1.75 bits per heavy atom. The highest BCUT2D eigenvalue weighted by atomic mass is 35.5. The van der Waals surface area contributed by atoms with Gasteiger partial charge in [0, 0.05) is 23.7 Å². The number of amides is 1. The topological polar surface area (TPSA) is 66.8 Å². The van der Waals surface area contributed by atoms with Crippen LogP contribution in [-0.4, -0.2) is 41.0 Å². The van der Waals surface area contributed by atoms with Crippen LogP contribution in [-0.2, 0) is 19.7 Å². The number of halogens is 1. The van der Waals surface area contributed by atoms with E-state index in [9.17, 15) is 14.7 Å². The number of likely N-dealkylation sites (tertiary alicyclic amines) is 1. The van der Waals surface area contributed by atoms with E-state index < -0.39 is 17.7 Å². The Kier molecular flexibility index (Phi) is 6.15. The van der Waals surface area contributed by atoms with Crippen molar-refractivity contribution in [2.24, 2.45) is 0 Å². The molecule has 1 N–H and O–H groups in total. The Morgan fingerprint density at radius 3 is 2.31 bits per heavy atom. The molecule has 5 nitrogen and oxygen atoms in total. The molecule has 2 saturated heterocycles. The van der Waals surface area contributed by atoms with Gasteiger partial charge in [0.2, 0.25) is 0 Å². The van der Waals surface area contributed by atoms with Crippen molar-refractivity contribution in [3.05, 3.63) is 75.8 Å². The van der Waals surface area contributed by atoms with E-state index >= 15 is 0 Å². The molecule has 0 bridgehead atoms. The molecule has 0 radical (unpaired) electrons. The molecule has 2 aliphatic rings. The van der Waals surface area contributed by atoms with Gasteiger partial charge in [-0.25, -0.2) is 0 Å². The fraction of sp³-hybridized carbons (Fsp3) is 0.385. The molecule has 6 heteroatoms. The van der Waals surface area contributed by atoms with Crippen LogP contribution in [0.5, 0.6) is 0 Å². The predicted octanol–water partition coefficient (Wildman–Crippen LogP) is 5.24. The molecule has 2 fully saturated rings. The molecular formula is C26H28ClNO4. The standard InChI is InChI=1S/C26H28ClNO4/c1-26(2,3)18-10-6-16(7-11-18)22-21(23(29)17-8-12-19(27)13-9-17)24(30)25(31)28(22)15-20-5-4-14-32-20/h6-13,20,22,29H,4-5,14-15H2,1-3H3/b23-21+. The van der Waals surface area contributed by atoms with Crippen LogP contribution in [0.25, 0.3) is 5.76 Å².